The smallest absolute Gasteiger partial charge is 0.189 e. The van der Waals surface area contributed by atoms with Crippen molar-refractivity contribution >= 4 is 5.71 Å². The summed E-state index contributed by atoms with van der Waals surface area (Å²) >= 11 is 0. The van der Waals surface area contributed by atoms with Gasteiger partial charge >= 0.3 is 0 Å². The second-order valence-electron chi connectivity index (χ2n) is 4.35. The van der Waals surface area contributed by atoms with E-state index in [9.17, 15) is 10.2 Å². The molecule has 1 heterocycles. The van der Waals surface area contributed by atoms with Crippen LogP contribution >= 0.6 is 0 Å². The lowest BCUT2D eigenvalue weighted by Gasteiger charge is -2.35. The molecule has 2 rings (SSSR count). The molecule has 5 nitrogen and oxygen atoms in total. The Morgan fingerprint density at radius 3 is 2.56 bits per heavy atom. The highest BCUT2D eigenvalue weighted by atomic mass is 16.7. The molecule has 1 aliphatic rings. The minimum atomic E-state index is -1.22. The minimum Gasteiger partial charge on any atom is -0.384 e. The maximum Gasteiger partial charge on any atom is 0.189 e. The first-order chi connectivity index (χ1) is 8.59. The summed E-state index contributed by atoms with van der Waals surface area (Å²) in [4.78, 5) is 0. The van der Waals surface area contributed by atoms with E-state index in [4.69, 9.17) is 14.9 Å². The molecule has 1 aromatic rings. The van der Waals surface area contributed by atoms with Crippen molar-refractivity contribution in [2.24, 2.45) is 0 Å². The van der Waals surface area contributed by atoms with Crippen molar-refractivity contribution < 1.29 is 19.7 Å². The minimum absolute atomic E-state index is 0.160. The summed E-state index contributed by atoms with van der Waals surface area (Å²) in [6.45, 7) is 1.93. The normalized spacial score (nSPS) is 32.5. The van der Waals surface area contributed by atoms with Crippen LogP contribution < -0.4 is 0 Å². The number of rotatable bonds is 3. The van der Waals surface area contributed by atoms with Crippen LogP contribution in [0.5, 0.6) is 0 Å². The first kappa shape index (κ1) is 13.2. The molecule has 1 saturated heterocycles. The lowest BCUT2D eigenvalue weighted by molar-refractivity contribution is -0.229. The van der Waals surface area contributed by atoms with Gasteiger partial charge in [-0.3, -0.25) is 0 Å². The van der Waals surface area contributed by atoms with Crippen molar-refractivity contribution in [1.29, 1.82) is 5.41 Å². The molecule has 4 atom stereocenters. The Morgan fingerprint density at radius 1 is 1.22 bits per heavy atom. The summed E-state index contributed by atoms with van der Waals surface area (Å²) in [6.07, 6.45) is -3.76. The maximum absolute atomic E-state index is 9.77. The number of nitrogens with one attached hydrogen (secondary N) is 1. The summed E-state index contributed by atoms with van der Waals surface area (Å²) in [5, 5.41) is 26.9. The van der Waals surface area contributed by atoms with E-state index in [0.717, 1.165) is 5.56 Å². The van der Waals surface area contributed by atoms with Gasteiger partial charge in [0.1, 0.15) is 12.2 Å². The Morgan fingerprint density at radius 2 is 1.89 bits per heavy atom. The van der Waals surface area contributed by atoms with Crippen LogP contribution in [0.1, 0.15) is 12.5 Å². The molecule has 1 aromatic carbocycles. The quantitative estimate of drug-likeness (QED) is 0.738. The van der Waals surface area contributed by atoms with E-state index in [1.165, 1.54) is 0 Å². The van der Waals surface area contributed by atoms with Crippen LogP contribution in [-0.2, 0) is 16.1 Å². The van der Waals surface area contributed by atoms with E-state index < -0.39 is 24.6 Å². The van der Waals surface area contributed by atoms with Gasteiger partial charge in [0, 0.05) is 0 Å². The van der Waals surface area contributed by atoms with Gasteiger partial charge in [0.05, 0.1) is 18.4 Å². The van der Waals surface area contributed by atoms with E-state index in [1.54, 1.807) is 6.92 Å². The molecule has 98 valence electrons. The zero-order valence-corrected chi connectivity index (χ0v) is 10.1. The number of hydrogen-bond acceptors (Lipinski definition) is 5. The highest BCUT2D eigenvalue weighted by Gasteiger charge is 2.39. The Hall–Kier alpha value is -1.27. The monoisotopic (exact) mass is 251 g/mol. The Bertz CT molecular complexity index is 409. The van der Waals surface area contributed by atoms with Crippen LogP contribution in [0.4, 0.5) is 0 Å². The fraction of sp³-hybridized carbons (Fsp3) is 0.462. The number of aliphatic hydroxyl groups excluding tert-OH is 2. The molecule has 5 heteroatoms. The van der Waals surface area contributed by atoms with Gasteiger partial charge in [0.25, 0.3) is 0 Å². The molecule has 0 bridgehead atoms. The third-order valence-corrected chi connectivity index (χ3v) is 2.95. The molecule has 0 aliphatic carbocycles. The molecule has 0 saturated carbocycles. The van der Waals surface area contributed by atoms with Crippen molar-refractivity contribution in [2.45, 2.75) is 38.1 Å². The van der Waals surface area contributed by atoms with Gasteiger partial charge in [-0.15, -0.1) is 0 Å². The summed E-state index contributed by atoms with van der Waals surface area (Å²) < 4.78 is 10.8. The Labute approximate surface area is 105 Å². The standard InChI is InChI=1S/C13H17NO4/c1-8-11(15)10(14)12(16)13(18-8)17-7-9-5-3-2-4-6-9/h2-6,8,11-16H,7H2,1H3/t8-,11-,12+,13+/m1/s1. The Balaban J connectivity index is 1.95. The second kappa shape index (κ2) is 5.58. The van der Waals surface area contributed by atoms with E-state index in [2.05, 4.69) is 0 Å². The number of hydrogen-bond donors (Lipinski definition) is 3. The highest BCUT2D eigenvalue weighted by Crippen LogP contribution is 2.19. The van der Waals surface area contributed by atoms with Crippen LogP contribution in [0.25, 0.3) is 0 Å². The van der Waals surface area contributed by atoms with Crippen LogP contribution in [0, 0.1) is 5.41 Å². The first-order valence-electron chi connectivity index (χ1n) is 5.85. The zero-order valence-electron chi connectivity index (χ0n) is 10.1. The molecule has 1 aliphatic heterocycles. The third-order valence-electron chi connectivity index (χ3n) is 2.95. The van der Waals surface area contributed by atoms with Crippen molar-refractivity contribution in [3.63, 3.8) is 0 Å². The molecule has 0 spiro atoms. The fourth-order valence-corrected chi connectivity index (χ4v) is 1.82. The summed E-state index contributed by atoms with van der Waals surface area (Å²) in [6, 6.07) is 9.50. The zero-order chi connectivity index (χ0) is 13.1. The fourth-order valence-electron chi connectivity index (χ4n) is 1.82. The van der Waals surface area contributed by atoms with E-state index in [1.807, 2.05) is 30.3 Å². The predicted octanol–water partition coefficient (Wildman–Crippen LogP) is 0.690. The van der Waals surface area contributed by atoms with Crippen molar-refractivity contribution in [3.8, 4) is 0 Å². The van der Waals surface area contributed by atoms with Crippen LogP contribution in [0.2, 0.25) is 0 Å². The molecule has 0 unspecified atom stereocenters. The SMILES string of the molecule is C[C@H]1O[C@H](OCc2ccccc2)[C@@H](O)C(=N)[C@@H]1O. The molecular formula is C13H17NO4. The largest absolute Gasteiger partial charge is 0.384 e. The molecule has 18 heavy (non-hydrogen) atoms. The average molecular weight is 251 g/mol. The van der Waals surface area contributed by atoms with Crippen molar-refractivity contribution in [2.75, 3.05) is 0 Å². The second-order valence-corrected chi connectivity index (χ2v) is 4.35. The predicted molar refractivity (Wildman–Crippen MR) is 65.3 cm³/mol. The first-order valence-corrected chi connectivity index (χ1v) is 5.85. The molecule has 0 aromatic heterocycles. The molecular weight excluding hydrogens is 234 g/mol. The summed E-state index contributed by atoms with van der Waals surface area (Å²) in [5.41, 5.74) is 0.797. The molecule has 3 N–H and O–H groups in total. The molecule has 0 amide bonds. The van der Waals surface area contributed by atoms with Gasteiger partial charge in [0.15, 0.2) is 6.29 Å². The van der Waals surface area contributed by atoms with Crippen molar-refractivity contribution in [1.82, 2.24) is 0 Å². The van der Waals surface area contributed by atoms with Gasteiger partial charge in [-0.2, -0.15) is 0 Å². The van der Waals surface area contributed by atoms with E-state index >= 15 is 0 Å². The third kappa shape index (κ3) is 2.76. The van der Waals surface area contributed by atoms with Gasteiger partial charge in [0.2, 0.25) is 0 Å². The van der Waals surface area contributed by atoms with E-state index in [0.29, 0.717) is 6.61 Å². The summed E-state index contributed by atoms with van der Waals surface area (Å²) in [7, 11) is 0. The maximum atomic E-state index is 9.77. The molecule has 1 fully saturated rings. The Kier molecular flexibility index (Phi) is 4.08. The number of ether oxygens (including phenoxy) is 2. The van der Waals surface area contributed by atoms with E-state index in [-0.39, 0.29) is 5.71 Å². The lowest BCUT2D eigenvalue weighted by atomic mass is 10.0. The van der Waals surface area contributed by atoms with Gasteiger partial charge in [-0.1, -0.05) is 30.3 Å². The van der Waals surface area contributed by atoms with Gasteiger partial charge < -0.3 is 25.1 Å². The number of aliphatic hydroxyl groups is 2. The highest BCUT2D eigenvalue weighted by molar-refractivity contribution is 5.91. The van der Waals surface area contributed by atoms with Crippen LogP contribution in [0.3, 0.4) is 0 Å². The topological polar surface area (TPSA) is 82.8 Å². The number of benzene rings is 1. The average Bonchev–Trinajstić information content (AvgIpc) is 2.40. The van der Waals surface area contributed by atoms with Crippen LogP contribution in [0.15, 0.2) is 30.3 Å². The molecule has 0 radical (unpaired) electrons. The van der Waals surface area contributed by atoms with Gasteiger partial charge in [-0.25, -0.2) is 0 Å². The summed E-state index contributed by atoms with van der Waals surface area (Å²) in [5.74, 6) is 0. The lowest BCUT2D eigenvalue weighted by Crippen LogP contribution is -2.54. The van der Waals surface area contributed by atoms with Gasteiger partial charge in [-0.05, 0) is 12.5 Å². The van der Waals surface area contributed by atoms with Crippen molar-refractivity contribution in [3.05, 3.63) is 35.9 Å². The van der Waals surface area contributed by atoms with Crippen LogP contribution in [-0.4, -0.2) is 40.5 Å².